The molecule has 7 heteroatoms. The molecule has 0 spiro atoms. The third-order valence-corrected chi connectivity index (χ3v) is 5.82. The van der Waals surface area contributed by atoms with Crippen molar-refractivity contribution >= 4 is 38.2 Å². The molecule has 1 aromatic heterocycles. The molecule has 5 nitrogen and oxygen atoms in total. The molecular formula is C22H18FN5S. The van der Waals surface area contributed by atoms with Crippen molar-refractivity contribution in [3.63, 3.8) is 0 Å². The topological polar surface area (TPSA) is 43.8 Å². The lowest BCUT2D eigenvalue weighted by atomic mass is 10.2. The Morgan fingerprint density at radius 1 is 0.931 bits per heavy atom. The summed E-state index contributed by atoms with van der Waals surface area (Å²) >= 11 is 1.62. The van der Waals surface area contributed by atoms with E-state index in [1.165, 1.54) is 12.1 Å². The smallest absolute Gasteiger partial charge is 0.207 e. The number of benzene rings is 3. The number of thiazole rings is 1. The lowest BCUT2D eigenvalue weighted by Crippen LogP contribution is -2.58. The SMILES string of the molecule is CC1N(c2ccc(F)cc2)N=C(c2ccccc2)NN1c1nc2ccccc2s1. The highest BCUT2D eigenvalue weighted by Gasteiger charge is 2.30. The molecule has 1 atom stereocenters. The summed E-state index contributed by atoms with van der Waals surface area (Å²) < 4.78 is 14.6. The first kappa shape index (κ1) is 17.6. The number of halogens is 1. The van der Waals surface area contributed by atoms with Gasteiger partial charge in [-0.05, 0) is 43.3 Å². The molecular weight excluding hydrogens is 385 g/mol. The predicted molar refractivity (Wildman–Crippen MR) is 117 cm³/mol. The Morgan fingerprint density at radius 3 is 2.41 bits per heavy atom. The van der Waals surface area contributed by atoms with Crippen molar-refractivity contribution in [1.82, 2.24) is 10.4 Å². The Balaban J connectivity index is 1.60. The molecule has 1 unspecified atom stereocenters. The molecule has 0 saturated heterocycles. The number of hydrogen-bond acceptors (Lipinski definition) is 6. The van der Waals surface area contributed by atoms with Crippen LogP contribution < -0.4 is 15.4 Å². The highest BCUT2D eigenvalue weighted by Crippen LogP contribution is 2.32. The molecule has 1 aliphatic heterocycles. The first-order valence-electron chi connectivity index (χ1n) is 9.29. The number of rotatable bonds is 3. The zero-order chi connectivity index (χ0) is 19.8. The molecule has 2 heterocycles. The molecule has 1 N–H and O–H groups in total. The molecule has 144 valence electrons. The van der Waals surface area contributed by atoms with Crippen LogP contribution in [0.25, 0.3) is 10.2 Å². The standard InChI is InChI=1S/C22H18FN5S/c1-15-27(18-13-11-17(23)12-14-18)25-21(16-7-3-2-4-8-16)26-28(15)22-24-19-9-5-6-10-20(19)29-22/h2-15H,1H3,(H,25,26). The average Bonchev–Trinajstić information content (AvgIpc) is 3.19. The van der Waals surface area contributed by atoms with Gasteiger partial charge < -0.3 is 0 Å². The van der Waals surface area contributed by atoms with Crippen LogP contribution in [0.15, 0.2) is 84.0 Å². The maximum absolute atomic E-state index is 13.5. The van der Waals surface area contributed by atoms with Crippen molar-refractivity contribution in [3.05, 3.63) is 90.2 Å². The van der Waals surface area contributed by atoms with Crippen molar-refractivity contribution in [2.75, 3.05) is 10.0 Å². The number of hydrazine groups is 1. The summed E-state index contributed by atoms with van der Waals surface area (Å²) in [6, 6.07) is 24.4. The maximum Gasteiger partial charge on any atom is 0.207 e. The fourth-order valence-corrected chi connectivity index (χ4v) is 4.29. The summed E-state index contributed by atoms with van der Waals surface area (Å²) in [6.45, 7) is 2.04. The van der Waals surface area contributed by atoms with E-state index in [9.17, 15) is 4.39 Å². The van der Waals surface area contributed by atoms with E-state index in [1.54, 1.807) is 23.5 Å². The number of nitrogens with one attached hydrogen (secondary N) is 1. The molecule has 0 saturated carbocycles. The lowest BCUT2D eigenvalue weighted by Gasteiger charge is -2.40. The maximum atomic E-state index is 13.5. The molecule has 0 amide bonds. The van der Waals surface area contributed by atoms with Gasteiger partial charge in [-0.2, -0.15) is 5.10 Å². The van der Waals surface area contributed by atoms with Crippen molar-refractivity contribution in [3.8, 4) is 0 Å². The predicted octanol–water partition coefficient (Wildman–Crippen LogP) is 4.97. The van der Waals surface area contributed by atoms with Crippen molar-refractivity contribution in [2.45, 2.75) is 13.1 Å². The number of hydrogen-bond donors (Lipinski definition) is 1. The molecule has 4 aromatic rings. The molecule has 29 heavy (non-hydrogen) atoms. The number of aromatic nitrogens is 1. The summed E-state index contributed by atoms with van der Waals surface area (Å²) in [6.07, 6.45) is -0.173. The van der Waals surface area contributed by atoms with Crippen LogP contribution in [0.3, 0.4) is 0 Å². The van der Waals surface area contributed by atoms with Gasteiger partial charge in [0.1, 0.15) is 12.0 Å². The second-order valence-electron chi connectivity index (χ2n) is 6.71. The molecule has 0 fully saturated rings. The van der Waals surface area contributed by atoms with E-state index in [0.29, 0.717) is 5.84 Å². The van der Waals surface area contributed by atoms with Crippen LogP contribution in [-0.4, -0.2) is 17.0 Å². The van der Waals surface area contributed by atoms with Crippen LogP contribution in [-0.2, 0) is 0 Å². The summed E-state index contributed by atoms with van der Waals surface area (Å²) in [5, 5.41) is 9.54. The minimum Gasteiger partial charge on any atom is -0.276 e. The summed E-state index contributed by atoms with van der Waals surface area (Å²) in [5.74, 6) is 0.430. The van der Waals surface area contributed by atoms with E-state index in [2.05, 4.69) is 11.5 Å². The van der Waals surface area contributed by atoms with Gasteiger partial charge in [0.25, 0.3) is 0 Å². The second-order valence-corrected chi connectivity index (χ2v) is 7.72. The van der Waals surface area contributed by atoms with Crippen LogP contribution in [0.4, 0.5) is 15.2 Å². The lowest BCUT2D eigenvalue weighted by molar-refractivity contribution is 0.550. The van der Waals surface area contributed by atoms with Gasteiger partial charge in [-0.1, -0.05) is 53.8 Å². The van der Waals surface area contributed by atoms with E-state index >= 15 is 0 Å². The van der Waals surface area contributed by atoms with Gasteiger partial charge in [0, 0.05) is 5.56 Å². The molecule has 0 aliphatic carbocycles. The van der Waals surface area contributed by atoms with Gasteiger partial charge in [0.05, 0.1) is 15.9 Å². The molecule has 1 aliphatic rings. The Bertz CT molecular complexity index is 1140. The van der Waals surface area contributed by atoms with Gasteiger partial charge in [0.15, 0.2) is 5.84 Å². The highest BCUT2D eigenvalue weighted by atomic mass is 32.1. The summed E-state index contributed by atoms with van der Waals surface area (Å²) in [7, 11) is 0. The quantitative estimate of drug-likeness (QED) is 0.524. The Labute approximate surface area is 171 Å². The Hall–Kier alpha value is -3.45. The number of para-hydroxylation sites is 1. The molecule has 0 bridgehead atoms. The van der Waals surface area contributed by atoms with Gasteiger partial charge in [0.2, 0.25) is 5.13 Å². The van der Waals surface area contributed by atoms with Crippen LogP contribution in [0.2, 0.25) is 0 Å². The Morgan fingerprint density at radius 2 is 1.66 bits per heavy atom. The fraction of sp³-hybridized carbons (Fsp3) is 0.0909. The van der Waals surface area contributed by atoms with Crippen molar-refractivity contribution < 1.29 is 4.39 Å². The summed E-state index contributed by atoms with van der Waals surface area (Å²) in [4.78, 5) is 4.80. The number of anilines is 2. The number of amidine groups is 1. The monoisotopic (exact) mass is 403 g/mol. The minimum absolute atomic E-state index is 0.173. The van der Waals surface area contributed by atoms with Gasteiger partial charge in [-0.3, -0.25) is 5.43 Å². The van der Waals surface area contributed by atoms with E-state index in [4.69, 9.17) is 10.1 Å². The van der Waals surface area contributed by atoms with Gasteiger partial charge >= 0.3 is 0 Å². The third-order valence-electron chi connectivity index (χ3n) is 4.79. The molecule has 0 radical (unpaired) electrons. The van der Waals surface area contributed by atoms with Gasteiger partial charge in [-0.15, -0.1) is 0 Å². The largest absolute Gasteiger partial charge is 0.276 e. The average molecular weight is 403 g/mol. The Kier molecular flexibility index (Phi) is 4.37. The number of hydrazone groups is 1. The van der Waals surface area contributed by atoms with E-state index in [1.807, 2.05) is 65.5 Å². The second kappa shape index (κ2) is 7.18. The summed E-state index contributed by atoms with van der Waals surface area (Å²) in [5.41, 5.74) is 6.14. The highest BCUT2D eigenvalue weighted by molar-refractivity contribution is 7.22. The molecule has 3 aromatic carbocycles. The van der Waals surface area contributed by atoms with E-state index < -0.39 is 0 Å². The van der Waals surface area contributed by atoms with E-state index in [-0.39, 0.29) is 12.0 Å². The van der Waals surface area contributed by atoms with Crippen LogP contribution in [0.5, 0.6) is 0 Å². The van der Waals surface area contributed by atoms with Crippen molar-refractivity contribution in [2.24, 2.45) is 5.10 Å². The third kappa shape index (κ3) is 3.30. The molecule has 5 rings (SSSR count). The van der Waals surface area contributed by atoms with Gasteiger partial charge in [-0.25, -0.2) is 19.4 Å². The van der Waals surface area contributed by atoms with Crippen LogP contribution in [0, 0.1) is 5.82 Å². The van der Waals surface area contributed by atoms with E-state index in [0.717, 1.165) is 26.6 Å². The first-order chi connectivity index (χ1) is 14.2. The van der Waals surface area contributed by atoms with Crippen molar-refractivity contribution in [1.29, 1.82) is 0 Å². The zero-order valence-electron chi connectivity index (χ0n) is 15.7. The number of fused-ring (bicyclic) bond motifs is 1. The zero-order valence-corrected chi connectivity index (χ0v) is 16.5. The van der Waals surface area contributed by atoms with Crippen LogP contribution in [0.1, 0.15) is 12.5 Å². The fourth-order valence-electron chi connectivity index (χ4n) is 3.29. The first-order valence-corrected chi connectivity index (χ1v) is 10.1. The normalized spacial score (nSPS) is 16.6. The number of nitrogens with zero attached hydrogens (tertiary/aromatic N) is 4. The van der Waals surface area contributed by atoms with Crippen LogP contribution >= 0.6 is 11.3 Å². The minimum atomic E-state index is -0.271.